The molecule has 4 unspecified atom stereocenters. The molecule has 0 spiro atoms. The van der Waals surface area contributed by atoms with Crippen LogP contribution >= 0.6 is 0 Å². The first-order valence-corrected chi connectivity index (χ1v) is 20.1. The van der Waals surface area contributed by atoms with Crippen LogP contribution in [-0.2, 0) is 0 Å². The van der Waals surface area contributed by atoms with Gasteiger partial charge in [0.05, 0.1) is 11.4 Å². The summed E-state index contributed by atoms with van der Waals surface area (Å²) in [6.45, 7) is 0. The Bertz CT molecular complexity index is 1930. The SMILES string of the molecule is O=C1c2ccc3c4c(ccc(c24)C(=O)N1c1ccccc1C1CCCC1C1CCCC1)C(=O)N(c1ccccc1C1CCCC1C1CCCC1)C3=O. The smallest absolute Gasteiger partial charge is 0.265 e. The minimum absolute atomic E-state index is 0.318. The molecule has 4 atom stereocenters. The standard InChI is InChI=1S/C46H46N2O4/c49-43-35-23-25-37-42-38(46(52)48(45(37)51)40-22-8-6-16-34(40)32-20-10-18-30(32)28-13-3-4-14-28)26-24-36(41(35)42)44(50)47(43)39-21-7-5-15-33(39)31-19-9-17-29(31)27-11-1-2-12-27/h5-8,15-16,21-32H,1-4,9-14,17-20H2. The number of amides is 4. The molecule has 4 fully saturated rings. The zero-order valence-corrected chi connectivity index (χ0v) is 29.8. The fourth-order valence-corrected chi connectivity index (χ4v) is 12.0. The van der Waals surface area contributed by atoms with Gasteiger partial charge >= 0.3 is 0 Å². The maximum Gasteiger partial charge on any atom is 0.265 e. The van der Waals surface area contributed by atoms with Crippen LogP contribution in [0.5, 0.6) is 0 Å². The van der Waals surface area contributed by atoms with Crippen LogP contribution in [0.1, 0.15) is 154 Å². The van der Waals surface area contributed by atoms with Gasteiger partial charge in [0, 0.05) is 33.0 Å². The van der Waals surface area contributed by atoms with Crippen molar-refractivity contribution in [3.05, 3.63) is 106 Å². The van der Waals surface area contributed by atoms with E-state index in [4.69, 9.17) is 0 Å². The van der Waals surface area contributed by atoms with Crippen molar-refractivity contribution in [2.75, 3.05) is 9.80 Å². The molecule has 0 saturated heterocycles. The second kappa shape index (κ2) is 12.5. The van der Waals surface area contributed by atoms with E-state index in [9.17, 15) is 19.2 Å². The van der Waals surface area contributed by atoms with Gasteiger partial charge in [-0.15, -0.1) is 0 Å². The molecule has 10 rings (SSSR count). The van der Waals surface area contributed by atoms with Gasteiger partial charge in [0.1, 0.15) is 0 Å². The number of para-hydroxylation sites is 2. The van der Waals surface area contributed by atoms with Gasteiger partial charge in [-0.2, -0.15) is 0 Å². The first-order chi connectivity index (χ1) is 25.5. The number of carbonyl (C=O) groups excluding carboxylic acids is 4. The molecule has 264 valence electrons. The van der Waals surface area contributed by atoms with Crippen LogP contribution in [0.25, 0.3) is 10.8 Å². The molecule has 4 aromatic carbocycles. The van der Waals surface area contributed by atoms with Crippen LogP contribution in [0.15, 0.2) is 72.8 Å². The molecule has 0 aromatic heterocycles. The van der Waals surface area contributed by atoms with Crippen LogP contribution in [0, 0.1) is 23.7 Å². The molecule has 0 N–H and O–H groups in total. The highest BCUT2D eigenvalue weighted by atomic mass is 16.2. The topological polar surface area (TPSA) is 74.8 Å². The number of rotatable bonds is 6. The molecular weight excluding hydrogens is 645 g/mol. The third-order valence-electron chi connectivity index (χ3n) is 14.2. The Balaban J connectivity index is 1.03. The molecule has 0 bridgehead atoms. The highest BCUT2D eigenvalue weighted by Gasteiger charge is 2.44. The van der Waals surface area contributed by atoms with E-state index in [0.717, 1.165) is 24.0 Å². The van der Waals surface area contributed by atoms with Crippen LogP contribution in [0.4, 0.5) is 11.4 Å². The molecule has 6 heteroatoms. The van der Waals surface area contributed by atoms with E-state index in [1.54, 1.807) is 24.3 Å². The van der Waals surface area contributed by atoms with Gasteiger partial charge in [-0.1, -0.05) is 101 Å². The summed E-state index contributed by atoms with van der Waals surface area (Å²) in [5.74, 6) is 1.63. The number of nitrogens with zero attached hydrogens (tertiary/aromatic N) is 2. The van der Waals surface area contributed by atoms with E-state index in [1.165, 1.54) is 86.8 Å². The maximum atomic E-state index is 14.6. The van der Waals surface area contributed by atoms with Gasteiger partial charge < -0.3 is 0 Å². The summed E-state index contributed by atoms with van der Waals surface area (Å²) < 4.78 is 0. The number of imide groups is 2. The van der Waals surface area contributed by atoms with Crippen LogP contribution in [-0.4, -0.2) is 23.6 Å². The summed E-state index contributed by atoms with van der Waals surface area (Å²) in [4.78, 5) is 61.0. The molecule has 4 aliphatic carbocycles. The quantitative estimate of drug-likeness (QED) is 0.189. The molecule has 2 aliphatic heterocycles. The lowest BCUT2D eigenvalue weighted by Crippen LogP contribution is -2.44. The lowest BCUT2D eigenvalue weighted by atomic mass is 9.78. The lowest BCUT2D eigenvalue weighted by molar-refractivity contribution is 0.0872. The molecule has 4 saturated carbocycles. The average molecular weight is 691 g/mol. The van der Waals surface area contributed by atoms with Gasteiger partial charge in [-0.05, 0) is 109 Å². The van der Waals surface area contributed by atoms with Gasteiger partial charge in [0.25, 0.3) is 23.6 Å². The van der Waals surface area contributed by atoms with Crippen molar-refractivity contribution in [1.82, 2.24) is 0 Å². The van der Waals surface area contributed by atoms with Crippen molar-refractivity contribution >= 4 is 45.8 Å². The summed E-state index contributed by atoms with van der Waals surface area (Å²) in [6, 6.07) is 22.8. The molecule has 4 amide bonds. The summed E-state index contributed by atoms with van der Waals surface area (Å²) in [6.07, 6.45) is 17.1. The molecule has 6 aliphatic rings. The van der Waals surface area contributed by atoms with E-state index in [-0.39, 0.29) is 0 Å². The predicted molar refractivity (Wildman–Crippen MR) is 203 cm³/mol. The minimum Gasteiger partial charge on any atom is -0.268 e. The zero-order chi connectivity index (χ0) is 35.1. The van der Waals surface area contributed by atoms with E-state index in [1.807, 2.05) is 36.4 Å². The lowest BCUT2D eigenvalue weighted by Gasteiger charge is -2.35. The number of benzene rings is 4. The largest absolute Gasteiger partial charge is 0.268 e. The van der Waals surface area contributed by atoms with Crippen molar-refractivity contribution in [3.8, 4) is 0 Å². The number of anilines is 2. The Morgan fingerprint density at radius 2 is 0.731 bits per heavy atom. The summed E-state index contributed by atoms with van der Waals surface area (Å²) in [7, 11) is 0. The monoisotopic (exact) mass is 690 g/mol. The van der Waals surface area contributed by atoms with Gasteiger partial charge in [-0.3, -0.25) is 19.2 Å². The second-order valence-corrected chi connectivity index (χ2v) is 16.6. The minimum atomic E-state index is -0.393. The van der Waals surface area contributed by atoms with Gasteiger partial charge in [-0.25, -0.2) is 9.80 Å². The fourth-order valence-electron chi connectivity index (χ4n) is 12.0. The first kappa shape index (κ1) is 32.1. The Labute approximate surface area is 305 Å². The van der Waals surface area contributed by atoms with Crippen LogP contribution in [0.3, 0.4) is 0 Å². The molecule has 0 radical (unpaired) electrons. The Morgan fingerprint density at radius 1 is 0.385 bits per heavy atom. The second-order valence-electron chi connectivity index (χ2n) is 16.6. The van der Waals surface area contributed by atoms with Gasteiger partial charge in [0.2, 0.25) is 0 Å². The molecule has 52 heavy (non-hydrogen) atoms. The normalized spacial score (nSPS) is 26.5. The van der Waals surface area contributed by atoms with E-state index >= 15 is 0 Å². The van der Waals surface area contributed by atoms with Crippen molar-refractivity contribution in [3.63, 3.8) is 0 Å². The molecule has 2 heterocycles. The average Bonchev–Trinajstić information content (AvgIpc) is 4.01. The van der Waals surface area contributed by atoms with Crippen molar-refractivity contribution in [2.45, 2.75) is 102 Å². The number of carbonyl (C=O) groups is 4. The fraction of sp³-hybridized carbons (Fsp3) is 0.435. The van der Waals surface area contributed by atoms with Crippen LogP contribution < -0.4 is 9.80 Å². The summed E-state index contributed by atoms with van der Waals surface area (Å²) >= 11 is 0. The Kier molecular flexibility index (Phi) is 7.74. The first-order valence-electron chi connectivity index (χ1n) is 20.1. The number of hydrogen-bond donors (Lipinski definition) is 0. The maximum absolute atomic E-state index is 14.6. The molecule has 6 nitrogen and oxygen atoms in total. The van der Waals surface area contributed by atoms with E-state index < -0.39 is 23.6 Å². The van der Waals surface area contributed by atoms with Crippen molar-refractivity contribution in [1.29, 1.82) is 0 Å². The van der Waals surface area contributed by atoms with Gasteiger partial charge in [0.15, 0.2) is 0 Å². The summed E-state index contributed by atoms with van der Waals surface area (Å²) in [5, 5.41) is 0.852. The highest BCUT2D eigenvalue weighted by Crippen LogP contribution is 2.53. The predicted octanol–water partition coefficient (Wildman–Crippen LogP) is 10.6. The molecular formula is C46H46N2O4. The Morgan fingerprint density at radius 3 is 1.10 bits per heavy atom. The van der Waals surface area contributed by atoms with Crippen molar-refractivity contribution in [2.24, 2.45) is 23.7 Å². The van der Waals surface area contributed by atoms with Crippen molar-refractivity contribution < 1.29 is 19.2 Å². The third-order valence-corrected chi connectivity index (χ3v) is 14.2. The third kappa shape index (κ3) is 4.75. The highest BCUT2D eigenvalue weighted by molar-refractivity contribution is 6.42. The Hall–Kier alpha value is -4.58. The number of hydrogen-bond acceptors (Lipinski definition) is 4. The van der Waals surface area contributed by atoms with E-state index in [0.29, 0.717) is 79.9 Å². The van der Waals surface area contributed by atoms with E-state index in [2.05, 4.69) is 12.1 Å². The molecule has 4 aromatic rings. The summed E-state index contributed by atoms with van der Waals surface area (Å²) in [5.41, 5.74) is 4.97. The zero-order valence-electron chi connectivity index (χ0n) is 29.8. The van der Waals surface area contributed by atoms with Crippen LogP contribution in [0.2, 0.25) is 0 Å².